The molecule has 1 aromatic rings. The number of nitrogens with two attached hydrogens (primary N) is 1. The van der Waals surface area contributed by atoms with E-state index in [9.17, 15) is 4.79 Å². The summed E-state index contributed by atoms with van der Waals surface area (Å²) in [5.41, 5.74) is 6.25. The largest absolute Gasteiger partial charge is 0.383 e. The van der Waals surface area contributed by atoms with Crippen molar-refractivity contribution in [3.63, 3.8) is 0 Å². The summed E-state index contributed by atoms with van der Waals surface area (Å²) < 4.78 is 0.773. The van der Waals surface area contributed by atoms with Gasteiger partial charge in [-0.25, -0.2) is 4.98 Å². The van der Waals surface area contributed by atoms with Crippen molar-refractivity contribution in [1.82, 2.24) is 9.88 Å². The van der Waals surface area contributed by atoms with Crippen LogP contribution in [-0.4, -0.2) is 28.4 Å². The summed E-state index contributed by atoms with van der Waals surface area (Å²) in [5.74, 6) is 0.827. The van der Waals surface area contributed by atoms with E-state index in [1.807, 2.05) is 4.90 Å². The number of pyridine rings is 1. The van der Waals surface area contributed by atoms with Crippen LogP contribution in [0.25, 0.3) is 0 Å². The maximum atomic E-state index is 12.4. The van der Waals surface area contributed by atoms with Gasteiger partial charge >= 0.3 is 0 Å². The van der Waals surface area contributed by atoms with Gasteiger partial charge in [0.2, 0.25) is 0 Å². The zero-order chi connectivity index (χ0) is 12.6. The van der Waals surface area contributed by atoms with Gasteiger partial charge in [-0.15, -0.1) is 0 Å². The fourth-order valence-corrected chi connectivity index (χ4v) is 2.69. The average molecular weight is 298 g/mol. The van der Waals surface area contributed by atoms with Crippen LogP contribution in [0.2, 0.25) is 0 Å². The number of rotatable bonds is 1. The first-order valence-electron chi connectivity index (χ1n) is 5.71. The van der Waals surface area contributed by atoms with E-state index < -0.39 is 0 Å². The number of amides is 1. The number of carbonyl (C=O) groups is 1. The molecule has 1 amide bonds. The lowest BCUT2D eigenvalue weighted by atomic mass is 10.1. The molecular weight excluding hydrogens is 282 g/mol. The molecule has 1 fully saturated rings. The van der Waals surface area contributed by atoms with Gasteiger partial charge in [-0.2, -0.15) is 0 Å². The van der Waals surface area contributed by atoms with Gasteiger partial charge in [-0.3, -0.25) is 4.79 Å². The van der Waals surface area contributed by atoms with Crippen LogP contribution >= 0.6 is 15.9 Å². The lowest BCUT2D eigenvalue weighted by Gasteiger charge is -2.22. The Labute approximate surface area is 109 Å². The Morgan fingerprint density at radius 3 is 2.88 bits per heavy atom. The normalized spacial score (nSPS) is 24.1. The standard InChI is InChI=1S/C12H16BrN3O/c1-7-3-8(2)16(6-7)12(17)10-4-9(13)5-15-11(10)14/h4-5,7-8H,3,6H2,1-2H3,(H2,14,15). The first-order valence-corrected chi connectivity index (χ1v) is 6.50. The smallest absolute Gasteiger partial charge is 0.257 e. The molecule has 2 rings (SSSR count). The second kappa shape index (κ2) is 4.64. The molecule has 2 atom stereocenters. The van der Waals surface area contributed by atoms with Crippen molar-refractivity contribution in [3.05, 3.63) is 22.3 Å². The second-order valence-electron chi connectivity index (χ2n) is 4.73. The van der Waals surface area contributed by atoms with Gasteiger partial charge in [0.05, 0.1) is 5.56 Å². The molecule has 2 N–H and O–H groups in total. The number of nitrogen functional groups attached to an aromatic ring is 1. The average Bonchev–Trinajstić information content (AvgIpc) is 2.60. The summed E-state index contributed by atoms with van der Waals surface area (Å²) in [6, 6.07) is 2.01. The maximum absolute atomic E-state index is 12.4. The highest BCUT2D eigenvalue weighted by Gasteiger charge is 2.31. The molecule has 0 aromatic carbocycles. The summed E-state index contributed by atoms with van der Waals surface area (Å²) in [6.45, 7) is 5.03. The summed E-state index contributed by atoms with van der Waals surface area (Å²) >= 11 is 3.31. The molecule has 4 nitrogen and oxygen atoms in total. The van der Waals surface area contributed by atoms with Crippen molar-refractivity contribution in [2.45, 2.75) is 26.3 Å². The highest BCUT2D eigenvalue weighted by molar-refractivity contribution is 9.10. The van der Waals surface area contributed by atoms with Gasteiger partial charge in [0, 0.05) is 23.3 Å². The van der Waals surface area contributed by atoms with E-state index in [1.165, 1.54) is 0 Å². The topological polar surface area (TPSA) is 59.2 Å². The molecule has 1 saturated heterocycles. The van der Waals surface area contributed by atoms with E-state index in [-0.39, 0.29) is 11.9 Å². The van der Waals surface area contributed by atoms with Crippen LogP contribution in [0.4, 0.5) is 5.82 Å². The van der Waals surface area contributed by atoms with Gasteiger partial charge in [-0.05, 0) is 41.3 Å². The quantitative estimate of drug-likeness (QED) is 0.865. The fourth-order valence-electron chi connectivity index (χ4n) is 2.36. The van der Waals surface area contributed by atoms with Crippen LogP contribution in [-0.2, 0) is 0 Å². The van der Waals surface area contributed by atoms with Crippen molar-refractivity contribution < 1.29 is 4.79 Å². The second-order valence-corrected chi connectivity index (χ2v) is 5.65. The number of anilines is 1. The molecule has 2 heterocycles. The zero-order valence-electron chi connectivity index (χ0n) is 9.98. The number of nitrogens with zero attached hydrogens (tertiary/aromatic N) is 2. The highest BCUT2D eigenvalue weighted by Crippen LogP contribution is 2.26. The zero-order valence-corrected chi connectivity index (χ0v) is 11.6. The van der Waals surface area contributed by atoms with Crippen molar-refractivity contribution in [2.24, 2.45) is 5.92 Å². The molecular formula is C12H16BrN3O. The van der Waals surface area contributed by atoms with Crippen molar-refractivity contribution >= 4 is 27.7 Å². The number of hydrogen-bond acceptors (Lipinski definition) is 3. The maximum Gasteiger partial charge on any atom is 0.257 e. The Bertz CT molecular complexity index is 449. The summed E-state index contributed by atoms with van der Waals surface area (Å²) in [6.07, 6.45) is 2.65. The number of aromatic nitrogens is 1. The highest BCUT2D eigenvalue weighted by atomic mass is 79.9. The van der Waals surface area contributed by atoms with Crippen molar-refractivity contribution in [1.29, 1.82) is 0 Å². The molecule has 1 aliphatic heterocycles. The predicted octanol–water partition coefficient (Wildman–Crippen LogP) is 2.30. The van der Waals surface area contributed by atoms with E-state index in [0.29, 0.717) is 17.3 Å². The van der Waals surface area contributed by atoms with E-state index in [2.05, 4.69) is 34.8 Å². The Balaban J connectivity index is 2.28. The fraction of sp³-hybridized carbons (Fsp3) is 0.500. The summed E-state index contributed by atoms with van der Waals surface area (Å²) in [5, 5.41) is 0. The number of halogens is 1. The Kier molecular flexibility index (Phi) is 3.38. The summed E-state index contributed by atoms with van der Waals surface area (Å²) in [7, 11) is 0. The van der Waals surface area contributed by atoms with E-state index >= 15 is 0 Å². The lowest BCUT2D eigenvalue weighted by molar-refractivity contribution is 0.0744. The molecule has 1 aromatic heterocycles. The number of carbonyl (C=O) groups excluding carboxylic acids is 1. The third-order valence-corrected chi connectivity index (χ3v) is 3.59. The predicted molar refractivity (Wildman–Crippen MR) is 70.6 cm³/mol. The molecule has 2 unspecified atom stereocenters. The summed E-state index contributed by atoms with van der Waals surface area (Å²) in [4.78, 5) is 18.2. The van der Waals surface area contributed by atoms with Crippen LogP contribution < -0.4 is 5.73 Å². The first kappa shape index (κ1) is 12.4. The Morgan fingerprint density at radius 1 is 1.59 bits per heavy atom. The van der Waals surface area contributed by atoms with Crippen molar-refractivity contribution in [2.75, 3.05) is 12.3 Å². The molecule has 0 radical (unpaired) electrons. The first-order chi connectivity index (χ1) is 7.99. The van der Waals surface area contributed by atoms with Crippen molar-refractivity contribution in [3.8, 4) is 0 Å². The molecule has 0 aliphatic carbocycles. The van der Waals surface area contributed by atoms with Crippen LogP contribution in [0.15, 0.2) is 16.7 Å². The van der Waals surface area contributed by atoms with Crippen LogP contribution in [0, 0.1) is 5.92 Å². The van der Waals surface area contributed by atoms with Crippen LogP contribution in [0.3, 0.4) is 0 Å². The minimum Gasteiger partial charge on any atom is -0.383 e. The SMILES string of the molecule is CC1CC(C)N(C(=O)c2cc(Br)cnc2N)C1. The monoisotopic (exact) mass is 297 g/mol. The minimum absolute atomic E-state index is 0.0202. The molecule has 92 valence electrons. The molecule has 0 bridgehead atoms. The van der Waals surface area contributed by atoms with E-state index in [4.69, 9.17) is 5.73 Å². The third-order valence-electron chi connectivity index (χ3n) is 3.16. The van der Waals surface area contributed by atoms with Gasteiger partial charge < -0.3 is 10.6 Å². The number of likely N-dealkylation sites (tertiary alicyclic amines) is 1. The van der Waals surface area contributed by atoms with Crippen LogP contribution in [0.5, 0.6) is 0 Å². The van der Waals surface area contributed by atoms with Gasteiger partial charge in [-0.1, -0.05) is 6.92 Å². The van der Waals surface area contributed by atoms with Gasteiger partial charge in [0.15, 0.2) is 0 Å². The number of hydrogen-bond donors (Lipinski definition) is 1. The van der Waals surface area contributed by atoms with E-state index in [0.717, 1.165) is 17.4 Å². The van der Waals surface area contributed by atoms with E-state index in [1.54, 1.807) is 12.3 Å². The Hall–Kier alpha value is -1.10. The molecule has 5 heteroatoms. The van der Waals surface area contributed by atoms with Gasteiger partial charge in [0.1, 0.15) is 5.82 Å². The van der Waals surface area contributed by atoms with Gasteiger partial charge in [0.25, 0.3) is 5.91 Å². The third kappa shape index (κ3) is 2.44. The lowest BCUT2D eigenvalue weighted by Crippen LogP contribution is -2.34. The molecule has 17 heavy (non-hydrogen) atoms. The van der Waals surface area contributed by atoms with Crippen LogP contribution in [0.1, 0.15) is 30.6 Å². The Morgan fingerprint density at radius 2 is 2.29 bits per heavy atom. The molecule has 0 spiro atoms. The molecule has 1 aliphatic rings. The molecule has 0 saturated carbocycles. The minimum atomic E-state index is -0.0202.